The number of nitrogen functional groups attached to an aromatic ring is 1. The zero-order valence-corrected chi connectivity index (χ0v) is 11.3. The van der Waals surface area contributed by atoms with Gasteiger partial charge < -0.3 is 16.8 Å². The summed E-state index contributed by atoms with van der Waals surface area (Å²) in [6.45, 7) is 2.15. The van der Waals surface area contributed by atoms with Crippen LogP contribution in [0.2, 0.25) is 0 Å². The molecule has 0 aromatic carbocycles. The maximum Gasteiger partial charge on any atom is 0.250 e. The van der Waals surface area contributed by atoms with Gasteiger partial charge in [0.15, 0.2) is 0 Å². The van der Waals surface area contributed by atoms with Crippen LogP contribution in [-0.4, -0.2) is 38.2 Å². The van der Waals surface area contributed by atoms with E-state index >= 15 is 0 Å². The number of carbonyl (C=O) groups is 1. The lowest BCUT2D eigenvalue weighted by atomic mass is 10.2. The fourth-order valence-corrected chi connectivity index (χ4v) is 2.38. The Hall–Kier alpha value is -1.87. The number of nitrogens with one attached hydrogen (secondary N) is 2. The van der Waals surface area contributed by atoms with E-state index in [-0.39, 0.29) is 23.7 Å². The summed E-state index contributed by atoms with van der Waals surface area (Å²) < 4.78 is 25.2. The number of nitrogens with zero attached hydrogens (tertiary/aromatic N) is 1. The van der Waals surface area contributed by atoms with Gasteiger partial charge in [-0.3, -0.25) is 4.79 Å². The molecular formula is C10H17N5O3S. The van der Waals surface area contributed by atoms with Crippen molar-refractivity contribution in [2.24, 2.45) is 5.73 Å². The first-order valence-electron chi connectivity index (χ1n) is 5.62. The van der Waals surface area contributed by atoms with Gasteiger partial charge in [0.05, 0.1) is 23.2 Å². The minimum Gasteiger partial charge on any atom is -0.384 e. The molecule has 0 spiro atoms. The molecule has 0 saturated heterocycles. The van der Waals surface area contributed by atoms with Crippen molar-refractivity contribution in [3.63, 3.8) is 0 Å². The van der Waals surface area contributed by atoms with E-state index in [0.29, 0.717) is 12.2 Å². The Labute approximate surface area is 111 Å². The summed E-state index contributed by atoms with van der Waals surface area (Å²) in [5.41, 5.74) is 11.2. The number of carbonyl (C=O) groups excluding carboxylic acids is 1. The average molecular weight is 287 g/mol. The van der Waals surface area contributed by atoms with Crippen molar-refractivity contribution in [2.45, 2.75) is 6.92 Å². The Morgan fingerprint density at radius 1 is 1.47 bits per heavy atom. The summed E-state index contributed by atoms with van der Waals surface area (Å²) in [4.78, 5) is 15.0. The Morgan fingerprint density at radius 3 is 2.74 bits per heavy atom. The minimum absolute atomic E-state index is 0.122. The van der Waals surface area contributed by atoms with Gasteiger partial charge in [-0.25, -0.2) is 18.1 Å². The van der Waals surface area contributed by atoms with Crippen LogP contribution < -0.4 is 21.5 Å². The van der Waals surface area contributed by atoms with Crippen molar-refractivity contribution in [3.05, 3.63) is 17.8 Å². The number of primary amides is 1. The highest BCUT2D eigenvalue weighted by atomic mass is 32.2. The molecule has 0 saturated carbocycles. The number of pyridine rings is 1. The Kier molecular flexibility index (Phi) is 5.07. The molecule has 9 heteroatoms. The summed E-state index contributed by atoms with van der Waals surface area (Å²) in [7, 11) is -3.32. The predicted molar refractivity (Wildman–Crippen MR) is 73.1 cm³/mol. The molecule has 8 nitrogen and oxygen atoms in total. The van der Waals surface area contributed by atoms with Crippen LogP contribution in [0.3, 0.4) is 0 Å². The third-order valence-corrected chi connectivity index (χ3v) is 3.71. The van der Waals surface area contributed by atoms with Crippen molar-refractivity contribution >= 4 is 27.4 Å². The van der Waals surface area contributed by atoms with Crippen molar-refractivity contribution < 1.29 is 13.2 Å². The van der Waals surface area contributed by atoms with Crippen LogP contribution in [0.4, 0.5) is 11.5 Å². The second kappa shape index (κ2) is 6.34. The molecule has 0 aliphatic rings. The number of aromatic nitrogens is 1. The lowest BCUT2D eigenvalue weighted by molar-refractivity contribution is 0.100. The number of rotatable bonds is 7. The average Bonchev–Trinajstić information content (AvgIpc) is 2.30. The number of hydrogen-bond acceptors (Lipinski definition) is 6. The molecule has 0 aliphatic carbocycles. The van der Waals surface area contributed by atoms with Crippen LogP contribution in [0, 0.1) is 0 Å². The third kappa shape index (κ3) is 4.72. The molecule has 106 valence electrons. The summed E-state index contributed by atoms with van der Waals surface area (Å²) in [5, 5.41) is 2.80. The van der Waals surface area contributed by atoms with E-state index in [9.17, 15) is 13.2 Å². The highest BCUT2D eigenvalue weighted by Gasteiger charge is 2.11. The van der Waals surface area contributed by atoms with Gasteiger partial charge in [0.25, 0.3) is 5.91 Å². The van der Waals surface area contributed by atoms with Gasteiger partial charge >= 0.3 is 0 Å². The quantitative estimate of drug-likeness (QED) is 0.513. The summed E-state index contributed by atoms with van der Waals surface area (Å²) in [5.74, 6) is -0.616. The normalized spacial score (nSPS) is 11.2. The molecule has 1 heterocycles. The summed E-state index contributed by atoms with van der Waals surface area (Å²) in [6.07, 6.45) is 1.34. The Morgan fingerprint density at radius 2 is 2.16 bits per heavy atom. The van der Waals surface area contributed by atoms with Crippen molar-refractivity contribution in [2.75, 3.05) is 29.9 Å². The maximum atomic E-state index is 11.4. The molecule has 1 aromatic heterocycles. The second-order valence-corrected chi connectivity index (χ2v) is 5.69. The molecule has 0 fully saturated rings. The van der Waals surface area contributed by atoms with Gasteiger partial charge in [-0.15, -0.1) is 0 Å². The van der Waals surface area contributed by atoms with Gasteiger partial charge in [0.2, 0.25) is 10.0 Å². The van der Waals surface area contributed by atoms with E-state index < -0.39 is 15.9 Å². The smallest absolute Gasteiger partial charge is 0.250 e. The van der Waals surface area contributed by atoms with Crippen LogP contribution in [0.1, 0.15) is 17.3 Å². The number of anilines is 2. The van der Waals surface area contributed by atoms with Gasteiger partial charge in [-0.1, -0.05) is 6.92 Å². The van der Waals surface area contributed by atoms with Crippen molar-refractivity contribution in [3.8, 4) is 0 Å². The zero-order valence-electron chi connectivity index (χ0n) is 10.5. The monoisotopic (exact) mass is 287 g/mol. The molecule has 0 unspecified atom stereocenters. The maximum absolute atomic E-state index is 11.4. The number of hydrogen-bond donors (Lipinski definition) is 4. The van der Waals surface area contributed by atoms with Gasteiger partial charge in [-0.05, 0) is 6.07 Å². The summed E-state index contributed by atoms with van der Waals surface area (Å²) in [6, 6.07) is 1.34. The number of nitrogens with two attached hydrogens (primary N) is 2. The number of amides is 1. The topological polar surface area (TPSA) is 140 Å². The molecule has 19 heavy (non-hydrogen) atoms. The van der Waals surface area contributed by atoms with Gasteiger partial charge in [-0.2, -0.15) is 0 Å². The highest BCUT2D eigenvalue weighted by Crippen LogP contribution is 2.15. The number of sulfonamides is 1. The van der Waals surface area contributed by atoms with E-state index in [1.165, 1.54) is 12.3 Å². The van der Waals surface area contributed by atoms with Crippen molar-refractivity contribution in [1.82, 2.24) is 9.71 Å². The van der Waals surface area contributed by atoms with E-state index in [0.717, 1.165) is 0 Å². The zero-order chi connectivity index (χ0) is 14.5. The molecule has 0 radical (unpaired) electrons. The standard InChI is InChI=1S/C10H17N5O3S/c1-2-15-19(17,18)4-3-13-8-6-14-9(11)5-7(8)10(12)16/h5-6,13,15H,2-4H2,1H3,(H2,11,14)(H2,12,16). The molecule has 1 aromatic rings. The first-order chi connectivity index (χ1) is 8.85. The highest BCUT2D eigenvalue weighted by molar-refractivity contribution is 7.89. The molecule has 1 rings (SSSR count). The Bertz CT molecular complexity index is 558. The van der Waals surface area contributed by atoms with Gasteiger partial charge in [0.1, 0.15) is 5.82 Å². The first kappa shape index (κ1) is 15.2. The van der Waals surface area contributed by atoms with E-state index in [4.69, 9.17) is 11.5 Å². The lowest BCUT2D eigenvalue weighted by Crippen LogP contribution is -2.29. The largest absolute Gasteiger partial charge is 0.384 e. The third-order valence-electron chi connectivity index (χ3n) is 2.24. The van der Waals surface area contributed by atoms with Gasteiger partial charge in [0, 0.05) is 13.1 Å². The molecule has 0 aliphatic heterocycles. The fourth-order valence-electron chi connectivity index (χ4n) is 1.43. The Balaban J connectivity index is 2.71. The van der Waals surface area contributed by atoms with Crippen LogP contribution in [-0.2, 0) is 10.0 Å². The van der Waals surface area contributed by atoms with E-state index in [1.54, 1.807) is 6.92 Å². The molecule has 0 bridgehead atoms. The molecule has 0 atom stereocenters. The lowest BCUT2D eigenvalue weighted by Gasteiger charge is -2.10. The minimum atomic E-state index is -3.32. The van der Waals surface area contributed by atoms with Crippen LogP contribution >= 0.6 is 0 Å². The van der Waals surface area contributed by atoms with Crippen LogP contribution in [0.5, 0.6) is 0 Å². The first-order valence-corrected chi connectivity index (χ1v) is 7.27. The predicted octanol–water partition coefficient (Wildman–Crippen LogP) is -0.886. The van der Waals surface area contributed by atoms with Crippen LogP contribution in [0.25, 0.3) is 0 Å². The van der Waals surface area contributed by atoms with Crippen LogP contribution in [0.15, 0.2) is 12.3 Å². The summed E-state index contributed by atoms with van der Waals surface area (Å²) >= 11 is 0. The molecule has 1 amide bonds. The van der Waals surface area contributed by atoms with Crippen molar-refractivity contribution in [1.29, 1.82) is 0 Å². The van der Waals surface area contributed by atoms with E-state index in [1.807, 2.05) is 0 Å². The molecular weight excluding hydrogens is 270 g/mol. The SMILES string of the molecule is CCNS(=O)(=O)CCNc1cnc(N)cc1C(N)=O. The van der Waals surface area contributed by atoms with E-state index in [2.05, 4.69) is 15.0 Å². The fraction of sp³-hybridized carbons (Fsp3) is 0.400. The molecule has 6 N–H and O–H groups in total. The second-order valence-electron chi connectivity index (χ2n) is 3.76.